The van der Waals surface area contributed by atoms with Gasteiger partial charge in [0, 0.05) is 12.0 Å². The Morgan fingerprint density at radius 1 is 1.35 bits per heavy atom. The minimum Gasteiger partial charge on any atom is -0.481 e. The van der Waals surface area contributed by atoms with Crippen LogP contribution in [0.15, 0.2) is 22.6 Å². The molecule has 5 nitrogen and oxygen atoms in total. The monoisotopic (exact) mass is 274 g/mol. The van der Waals surface area contributed by atoms with Gasteiger partial charge in [-0.15, -0.1) is 10.2 Å². The van der Waals surface area contributed by atoms with Crippen molar-refractivity contribution in [2.45, 2.75) is 39.5 Å². The molecule has 2 rings (SSSR count). The van der Waals surface area contributed by atoms with Crippen LogP contribution < -0.4 is 0 Å². The van der Waals surface area contributed by atoms with Gasteiger partial charge >= 0.3 is 5.97 Å². The lowest BCUT2D eigenvalue weighted by Gasteiger charge is -2.08. The molecule has 0 fully saturated rings. The van der Waals surface area contributed by atoms with Crippen LogP contribution >= 0.6 is 0 Å². The minimum atomic E-state index is -0.872. The fraction of sp³-hybridized carbons (Fsp3) is 0.400. The van der Waals surface area contributed by atoms with E-state index >= 15 is 0 Å². The summed E-state index contributed by atoms with van der Waals surface area (Å²) in [4.78, 5) is 10.5. The van der Waals surface area contributed by atoms with Crippen molar-refractivity contribution in [1.82, 2.24) is 10.2 Å². The van der Waals surface area contributed by atoms with Crippen molar-refractivity contribution in [2.24, 2.45) is 0 Å². The van der Waals surface area contributed by atoms with Crippen LogP contribution in [0.3, 0.4) is 0 Å². The van der Waals surface area contributed by atoms with Gasteiger partial charge in [-0.2, -0.15) is 0 Å². The maximum atomic E-state index is 10.5. The summed E-state index contributed by atoms with van der Waals surface area (Å²) in [5.41, 5.74) is 3.17. The average Bonchev–Trinajstić information content (AvgIpc) is 2.85. The molecule has 1 N–H and O–H groups in total. The van der Waals surface area contributed by atoms with Crippen LogP contribution in [-0.2, 0) is 11.2 Å². The number of nitrogens with zero attached hydrogens (tertiary/aromatic N) is 2. The van der Waals surface area contributed by atoms with E-state index in [-0.39, 0.29) is 12.8 Å². The van der Waals surface area contributed by atoms with Crippen LogP contribution in [0, 0.1) is 6.92 Å². The van der Waals surface area contributed by atoms with E-state index in [1.807, 2.05) is 13.0 Å². The summed E-state index contributed by atoms with van der Waals surface area (Å²) in [7, 11) is 0. The number of aromatic nitrogens is 2. The smallest absolute Gasteiger partial charge is 0.303 e. The minimum absolute atomic E-state index is 0.00729. The molecule has 0 aliphatic rings. The molecule has 0 saturated heterocycles. The fourth-order valence-electron chi connectivity index (χ4n) is 1.91. The van der Waals surface area contributed by atoms with Gasteiger partial charge in [-0.25, -0.2) is 0 Å². The summed E-state index contributed by atoms with van der Waals surface area (Å²) in [6, 6.07) is 6.17. The number of hydrogen-bond donors (Lipinski definition) is 1. The Balaban J connectivity index is 2.27. The van der Waals surface area contributed by atoms with E-state index in [1.54, 1.807) is 0 Å². The molecule has 0 unspecified atom stereocenters. The van der Waals surface area contributed by atoms with Crippen LogP contribution in [0.1, 0.15) is 43.2 Å². The standard InChI is InChI=1S/C15H18N2O3/c1-9(2)11-5-4-10(3)12(8-11)15-17-16-13(20-15)6-7-14(18)19/h4-5,8-9H,6-7H2,1-3H3,(H,18,19). The number of rotatable bonds is 5. The Bertz CT molecular complexity index is 617. The van der Waals surface area contributed by atoms with Gasteiger partial charge in [-0.05, 0) is 30.0 Å². The van der Waals surface area contributed by atoms with E-state index in [1.165, 1.54) is 5.56 Å². The van der Waals surface area contributed by atoms with E-state index in [0.717, 1.165) is 11.1 Å². The number of benzene rings is 1. The fourth-order valence-corrected chi connectivity index (χ4v) is 1.91. The number of carboxylic acids is 1. The van der Waals surface area contributed by atoms with Crippen molar-refractivity contribution < 1.29 is 14.3 Å². The number of carbonyl (C=O) groups is 1. The van der Waals surface area contributed by atoms with Crippen molar-refractivity contribution in [3.63, 3.8) is 0 Å². The first-order valence-corrected chi connectivity index (χ1v) is 6.62. The van der Waals surface area contributed by atoms with Crippen molar-refractivity contribution in [3.05, 3.63) is 35.2 Å². The van der Waals surface area contributed by atoms with Gasteiger partial charge in [0.05, 0.1) is 6.42 Å². The van der Waals surface area contributed by atoms with Crippen LogP contribution in [0.4, 0.5) is 0 Å². The summed E-state index contributed by atoms with van der Waals surface area (Å²) >= 11 is 0. The van der Waals surface area contributed by atoms with Crippen molar-refractivity contribution in [1.29, 1.82) is 0 Å². The summed E-state index contributed by atoms with van der Waals surface area (Å²) < 4.78 is 5.55. The van der Waals surface area contributed by atoms with Crippen molar-refractivity contribution >= 4 is 5.97 Å². The third kappa shape index (κ3) is 3.23. The maximum Gasteiger partial charge on any atom is 0.303 e. The highest BCUT2D eigenvalue weighted by molar-refractivity contribution is 5.66. The van der Waals surface area contributed by atoms with Crippen molar-refractivity contribution in [2.75, 3.05) is 0 Å². The molecule has 0 spiro atoms. The molecular formula is C15H18N2O3. The summed E-state index contributed by atoms with van der Waals surface area (Å²) in [5, 5.41) is 16.6. The van der Waals surface area contributed by atoms with E-state index in [2.05, 4.69) is 36.2 Å². The second kappa shape index (κ2) is 5.86. The van der Waals surface area contributed by atoms with Gasteiger partial charge in [-0.3, -0.25) is 4.79 Å². The zero-order chi connectivity index (χ0) is 14.7. The number of aliphatic carboxylic acids is 1. The van der Waals surface area contributed by atoms with E-state index < -0.39 is 5.97 Å². The molecule has 20 heavy (non-hydrogen) atoms. The van der Waals surface area contributed by atoms with Crippen molar-refractivity contribution in [3.8, 4) is 11.5 Å². The first-order valence-electron chi connectivity index (χ1n) is 6.62. The molecule has 0 aliphatic heterocycles. The largest absolute Gasteiger partial charge is 0.481 e. The zero-order valence-electron chi connectivity index (χ0n) is 11.9. The van der Waals surface area contributed by atoms with Crippen LogP contribution in [0.2, 0.25) is 0 Å². The Hall–Kier alpha value is -2.17. The summed E-state index contributed by atoms with van der Waals surface area (Å²) in [5.74, 6) is 0.355. The average molecular weight is 274 g/mol. The molecule has 0 bridgehead atoms. The molecule has 5 heteroatoms. The summed E-state index contributed by atoms with van der Waals surface area (Å²) in [6.07, 6.45) is 0.248. The predicted molar refractivity (Wildman–Crippen MR) is 74.5 cm³/mol. The second-order valence-corrected chi connectivity index (χ2v) is 5.12. The van der Waals surface area contributed by atoms with E-state index in [9.17, 15) is 4.79 Å². The maximum absolute atomic E-state index is 10.5. The third-order valence-electron chi connectivity index (χ3n) is 3.18. The molecule has 1 heterocycles. The predicted octanol–water partition coefficient (Wildman–Crippen LogP) is 3.19. The Morgan fingerprint density at radius 3 is 2.75 bits per heavy atom. The quantitative estimate of drug-likeness (QED) is 0.906. The van der Waals surface area contributed by atoms with Gasteiger partial charge in [-0.1, -0.05) is 26.0 Å². The molecule has 1 aromatic carbocycles. The molecule has 0 amide bonds. The molecule has 2 aromatic rings. The third-order valence-corrected chi connectivity index (χ3v) is 3.18. The lowest BCUT2D eigenvalue weighted by Crippen LogP contribution is -1.97. The first kappa shape index (κ1) is 14.2. The SMILES string of the molecule is Cc1ccc(C(C)C)cc1-c1nnc(CCC(=O)O)o1. The zero-order valence-corrected chi connectivity index (χ0v) is 11.9. The van der Waals surface area contributed by atoms with Gasteiger partial charge in [0.2, 0.25) is 11.8 Å². The molecular weight excluding hydrogens is 256 g/mol. The number of hydrogen-bond acceptors (Lipinski definition) is 4. The highest BCUT2D eigenvalue weighted by atomic mass is 16.4. The topological polar surface area (TPSA) is 76.2 Å². The van der Waals surface area contributed by atoms with Gasteiger partial charge in [0.1, 0.15) is 0 Å². The van der Waals surface area contributed by atoms with Crippen LogP contribution in [0.5, 0.6) is 0 Å². The Kier molecular flexibility index (Phi) is 4.17. The van der Waals surface area contributed by atoms with Crippen LogP contribution in [-0.4, -0.2) is 21.3 Å². The second-order valence-electron chi connectivity index (χ2n) is 5.12. The van der Waals surface area contributed by atoms with E-state index in [4.69, 9.17) is 9.52 Å². The van der Waals surface area contributed by atoms with Gasteiger partial charge < -0.3 is 9.52 Å². The molecule has 0 aliphatic carbocycles. The van der Waals surface area contributed by atoms with Gasteiger partial charge in [0.25, 0.3) is 0 Å². The highest BCUT2D eigenvalue weighted by Crippen LogP contribution is 2.26. The normalized spacial score (nSPS) is 11.0. The first-order chi connectivity index (χ1) is 9.47. The molecule has 106 valence electrons. The van der Waals surface area contributed by atoms with Crippen LogP contribution in [0.25, 0.3) is 11.5 Å². The highest BCUT2D eigenvalue weighted by Gasteiger charge is 2.13. The Labute approximate surface area is 117 Å². The number of carboxylic acid groups (broad SMARTS) is 1. The Morgan fingerprint density at radius 2 is 2.10 bits per heavy atom. The lowest BCUT2D eigenvalue weighted by atomic mass is 9.98. The molecule has 1 aromatic heterocycles. The van der Waals surface area contributed by atoms with E-state index in [0.29, 0.717) is 17.7 Å². The molecule has 0 atom stereocenters. The molecule has 0 saturated carbocycles. The number of aryl methyl sites for hydroxylation is 2. The molecule has 0 radical (unpaired) electrons. The van der Waals surface area contributed by atoms with Gasteiger partial charge in [0.15, 0.2) is 0 Å². The lowest BCUT2D eigenvalue weighted by molar-refractivity contribution is -0.137. The summed E-state index contributed by atoms with van der Waals surface area (Å²) in [6.45, 7) is 6.24.